The lowest BCUT2D eigenvalue weighted by Gasteiger charge is -2.20. The highest BCUT2D eigenvalue weighted by Crippen LogP contribution is 2.33. The van der Waals surface area contributed by atoms with E-state index in [9.17, 15) is 0 Å². The average molecular weight is 395 g/mol. The van der Waals surface area contributed by atoms with E-state index in [0.717, 1.165) is 15.6 Å². The van der Waals surface area contributed by atoms with Crippen LogP contribution in [0.1, 0.15) is 17.2 Å². The van der Waals surface area contributed by atoms with Gasteiger partial charge >= 0.3 is 0 Å². The number of rotatable bonds is 4. The summed E-state index contributed by atoms with van der Waals surface area (Å²) in [6, 6.07) is 10.9. The smallest absolute Gasteiger partial charge is 0.0526 e. The highest BCUT2D eigenvalue weighted by Gasteiger charge is 2.18. The molecule has 0 saturated heterocycles. The zero-order valence-corrected chi connectivity index (χ0v) is 14.2. The van der Waals surface area contributed by atoms with Crippen molar-refractivity contribution in [3.63, 3.8) is 0 Å². The van der Waals surface area contributed by atoms with E-state index in [1.807, 2.05) is 24.3 Å². The van der Waals surface area contributed by atoms with Crippen LogP contribution in [0.3, 0.4) is 0 Å². The van der Waals surface area contributed by atoms with Crippen LogP contribution in [-0.4, -0.2) is 0 Å². The fraction of sp³-hybridized carbons (Fsp3) is 0.143. The molecular weight excluding hydrogens is 382 g/mol. The highest BCUT2D eigenvalue weighted by molar-refractivity contribution is 9.10. The third-order valence-electron chi connectivity index (χ3n) is 2.99. The van der Waals surface area contributed by atoms with Crippen LogP contribution >= 0.6 is 50.7 Å². The molecule has 20 heavy (non-hydrogen) atoms. The van der Waals surface area contributed by atoms with Gasteiger partial charge in [-0.1, -0.05) is 62.9 Å². The van der Waals surface area contributed by atoms with Crippen LogP contribution in [0.15, 0.2) is 40.9 Å². The molecular formula is C14H12BrCl3N2. The number of hydrazine groups is 1. The molecule has 0 saturated carbocycles. The van der Waals surface area contributed by atoms with Gasteiger partial charge in [0, 0.05) is 25.1 Å². The van der Waals surface area contributed by atoms with Gasteiger partial charge in [-0.15, -0.1) is 0 Å². The summed E-state index contributed by atoms with van der Waals surface area (Å²) in [4.78, 5) is 0. The molecule has 0 spiro atoms. The third-order valence-corrected chi connectivity index (χ3v) is 4.60. The maximum atomic E-state index is 6.25. The first-order valence-corrected chi connectivity index (χ1v) is 7.79. The van der Waals surface area contributed by atoms with Gasteiger partial charge in [0.25, 0.3) is 0 Å². The van der Waals surface area contributed by atoms with Crippen LogP contribution in [0.5, 0.6) is 0 Å². The predicted octanol–water partition coefficient (Wildman–Crippen LogP) is 5.16. The second kappa shape index (κ2) is 7.12. The minimum Gasteiger partial charge on any atom is -0.271 e. The van der Waals surface area contributed by atoms with Crippen molar-refractivity contribution in [3.05, 3.63) is 67.1 Å². The molecule has 106 valence electrons. The molecule has 0 aliphatic heterocycles. The maximum absolute atomic E-state index is 6.25. The molecule has 0 fully saturated rings. The summed E-state index contributed by atoms with van der Waals surface area (Å²) in [7, 11) is 0. The number of hydrogen-bond acceptors (Lipinski definition) is 2. The number of hydrogen-bond donors (Lipinski definition) is 2. The molecule has 0 radical (unpaired) electrons. The van der Waals surface area contributed by atoms with Crippen LogP contribution < -0.4 is 11.3 Å². The van der Waals surface area contributed by atoms with Gasteiger partial charge in [0.2, 0.25) is 0 Å². The SMILES string of the molecule is NNC(Cc1ccc(Cl)cc1Cl)c1c(Cl)cccc1Br. The van der Waals surface area contributed by atoms with Crippen molar-refractivity contribution in [2.24, 2.45) is 5.84 Å². The van der Waals surface area contributed by atoms with Gasteiger partial charge in [-0.2, -0.15) is 0 Å². The van der Waals surface area contributed by atoms with E-state index >= 15 is 0 Å². The molecule has 2 aromatic rings. The van der Waals surface area contributed by atoms with Crippen molar-refractivity contribution in [2.45, 2.75) is 12.5 Å². The van der Waals surface area contributed by atoms with Gasteiger partial charge in [-0.3, -0.25) is 11.3 Å². The van der Waals surface area contributed by atoms with E-state index in [-0.39, 0.29) is 6.04 Å². The lowest BCUT2D eigenvalue weighted by Crippen LogP contribution is -2.30. The van der Waals surface area contributed by atoms with E-state index in [0.29, 0.717) is 21.5 Å². The molecule has 0 bridgehead atoms. The van der Waals surface area contributed by atoms with Crippen molar-refractivity contribution in [3.8, 4) is 0 Å². The summed E-state index contributed by atoms with van der Waals surface area (Å²) in [6.07, 6.45) is 0.606. The minimum atomic E-state index is -0.156. The molecule has 2 nitrogen and oxygen atoms in total. The Hall–Kier alpha value is -0.290. The largest absolute Gasteiger partial charge is 0.271 e. The average Bonchev–Trinajstić information content (AvgIpc) is 2.39. The van der Waals surface area contributed by atoms with Gasteiger partial charge in [0.1, 0.15) is 0 Å². The molecule has 0 aliphatic carbocycles. The van der Waals surface area contributed by atoms with Gasteiger partial charge in [0.05, 0.1) is 6.04 Å². The van der Waals surface area contributed by atoms with Gasteiger partial charge in [-0.25, -0.2) is 0 Å². The Balaban J connectivity index is 2.34. The van der Waals surface area contributed by atoms with Crippen LogP contribution in [-0.2, 0) is 6.42 Å². The summed E-state index contributed by atoms with van der Waals surface area (Å²) >= 11 is 21.9. The standard InChI is InChI=1S/C14H12BrCl3N2/c15-10-2-1-3-11(17)14(10)13(20-19)6-8-4-5-9(16)7-12(8)18/h1-5,7,13,20H,6,19H2. The van der Waals surface area contributed by atoms with Crippen molar-refractivity contribution in [2.75, 3.05) is 0 Å². The zero-order valence-electron chi connectivity index (χ0n) is 10.3. The normalized spacial score (nSPS) is 12.4. The molecule has 0 heterocycles. The Morgan fingerprint density at radius 1 is 1.10 bits per heavy atom. The first-order chi connectivity index (χ1) is 9.52. The highest BCUT2D eigenvalue weighted by atomic mass is 79.9. The van der Waals surface area contributed by atoms with Gasteiger partial charge in [0.15, 0.2) is 0 Å². The topological polar surface area (TPSA) is 38.0 Å². The second-order valence-corrected chi connectivity index (χ2v) is 6.40. The molecule has 6 heteroatoms. The van der Waals surface area contributed by atoms with E-state index in [2.05, 4.69) is 21.4 Å². The van der Waals surface area contributed by atoms with Gasteiger partial charge < -0.3 is 0 Å². The fourth-order valence-electron chi connectivity index (χ4n) is 2.00. The quantitative estimate of drug-likeness (QED) is 0.555. The summed E-state index contributed by atoms with van der Waals surface area (Å²) < 4.78 is 0.901. The summed E-state index contributed by atoms with van der Waals surface area (Å²) in [5.41, 5.74) is 4.64. The van der Waals surface area contributed by atoms with Crippen LogP contribution in [0.4, 0.5) is 0 Å². The minimum absolute atomic E-state index is 0.156. The van der Waals surface area contributed by atoms with Gasteiger partial charge in [-0.05, 0) is 36.2 Å². The van der Waals surface area contributed by atoms with Crippen LogP contribution in [0, 0.1) is 0 Å². The Morgan fingerprint density at radius 3 is 2.45 bits per heavy atom. The molecule has 1 atom stereocenters. The lowest BCUT2D eigenvalue weighted by molar-refractivity contribution is 0.550. The zero-order chi connectivity index (χ0) is 14.7. The lowest BCUT2D eigenvalue weighted by atomic mass is 9.99. The van der Waals surface area contributed by atoms with E-state index in [1.54, 1.807) is 12.1 Å². The molecule has 0 amide bonds. The number of benzene rings is 2. The monoisotopic (exact) mass is 392 g/mol. The number of nitrogens with two attached hydrogens (primary N) is 1. The summed E-state index contributed by atoms with van der Waals surface area (Å²) in [6.45, 7) is 0. The molecule has 2 aromatic carbocycles. The first-order valence-electron chi connectivity index (χ1n) is 5.87. The second-order valence-electron chi connectivity index (χ2n) is 4.29. The van der Waals surface area contributed by atoms with Crippen LogP contribution in [0.25, 0.3) is 0 Å². The molecule has 3 N–H and O–H groups in total. The summed E-state index contributed by atoms with van der Waals surface area (Å²) in [5, 5.41) is 1.86. The molecule has 1 unspecified atom stereocenters. The van der Waals surface area contributed by atoms with Crippen molar-refractivity contribution < 1.29 is 0 Å². The number of nitrogens with one attached hydrogen (secondary N) is 1. The predicted molar refractivity (Wildman–Crippen MR) is 89.4 cm³/mol. The molecule has 0 aromatic heterocycles. The maximum Gasteiger partial charge on any atom is 0.0526 e. The Kier molecular flexibility index (Phi) is 5.73. The molecule has 2 rings (SSSR count). The Labute approximate surface area is 141 Å². The fourth-order valence-corrected chi connectivity index (χ4v) is 3.54. The molecule has 0 aliphatic rings. The Bertz CT molecular complexity index is 599. The van der Waals surface area contributed by atoms with Crippen molar-refractivity contribution in [1.82, 2.24) is 5.43 Å². The Morgan fingerprint density at radius 2 is 1.85 bits per heavy atom. The first kappa shape index (κ1) is 16.1. The van der Waals surface area contributed by atoms with Crippen LogP contribution in [0.2, 0.25) is 15.1 Å². The van der Waals surface area contributed by atoms with E-state index in [4.69, 9.17) is 40.6 Å². The van der Waals surface area contributed by atoms with E-state index in [1.165, 1.54) is 0 Å². The van der Waals surface area contributed by atoms with E-state index < -0.39 is 0 Å². The third kappa shape index (κ3) is 3.67. The summed E-state index contributed by atoms with van der Waals surface area (Å²) in [5.74, 6) is 5.67. The number of halogens is 4. The van der Waals surface area contributed by atoms with Crippen molar-refractivity contribution >= 4 is 50.7 Å². The van der Waals surface area contributed by atoms with Crippen molar-refractivity contribution in [1.29, 1.82) is 0 Å².